The fourth-order valence-electron chi connectivity index (χ4n) is 2.34. The molecular formula is C20H16FN3O4. The third kappa shape index (κ3) is 5.04. The van der Waals surface area contributed by atoms with Crippen molar-refractivity contribution in [2.75, 3.05) is 17.2 Å². The summed E-state index contributed by atoms with van der Waals surface area (Å²) in [5.41, 5.74) is 1.16. The molecule has 0 aliphatic heterocycles. The van der Waals surface area contributed by atoms with Gasteiger partial charge >= 0.3 is 0 Å². The van der Waals surface area contributed by atoms with E-state index in [-0.39, 0.29) is 17.9 Å². The summed E-state index contributed by atoms with van der Waals surface area (Å²) in [7, 11) is 0. The number of rotatable bonds is 6. The maximum absolute atomic E-state index is 12.9. The maximum atomic E-state index is 12.9. The Kier molecular flexibility index (Phi) is 5.81. The molecule has 2 aromatic carbocycles. The van der Waals surface area contributed by atoms with E-state index >= 15 is 0 Å². The van der Waals surface area contributed by atoms with Gasteiger partial charge in [-0.2, -0.15) is 0 Å². The molecule has 0 bridgehead atoms. The van der Waals surface area contributed by atoms with Gasteiger partial charge in [0.1, 0.15) is 5.82 Å². The molecule has 3 N–H and O–H groups in total. The Bertz CT molecular complexity index is 985. The number of halogens is 1. The van der Waals surface area contributed by atoms with Gasteiger partial charge in [-0.05, 0) is 54.6 Å². The SMILES string of the molecule is O=C(CNC(=O)c1ccc(F)cc1)Nc1cccc(NC(=O)c2ccco2)c1. The summed E-state index contributed by atoms with van der Waals surface area (Å²) >= 11 is 0. The van der Waals surface area contributed by atoms with Gasteiger partial charge < -0.3 is 20.4 Å². The average Bonchev–Trinajstić information content (AvgIpc) is 3.22. The number of hydrogen-bond donors (Lipinski definition) is 3. The third-order valence-electron chi connectivity index (χ3n) is 3.67. The van der Waals surface area contributed by atoms with E-state index in [9.17, 15) is 18.8 Å². The fourth-order valence-corrected chi connectivity index (χ4v) is 2.34. The lowest BCUT2D eigenvalue weighted by Crippen LogP contribution is -2.32. The van der Waals surface area contributed by atoms with Crippen LogP contribution in [0.3, 0.4) is 0 Å². The highest BCUT2D eigenvalue weighted by Gasteiger charge is 2.11. The molecule has 28 heavy (non-hydrogen) atoms. The highest BCUT2D eigenvalue weighted by atomic mass is 19.1. The number of nitrogens with one attached hydrogen (secondary N) is 3. The number of furan rings is 1. The van der Waals surface area contributed by atoms with Gasteiger partial charge in [0.25, 0.3) is 11.8 Å². The molecule has 3 amide bonds. The Morgan fingerprint density at radius 2 is 1.57 bits per heavy atom. The van der Waals surface area contributed by atoms with E-state index in [1.54, 1.807) is 30.3 Å². The van der Waals surface area contributed by atoms with Gasteiger partial charge in [0.15, 0.2) is 5.76 Å². The number of carbonyl (C=O) groups excluding carboxylic acids is 3. The van der Waals surface area contributed by atoms with Gasteiger partial charge in [0, 0.05) is 16.9 Å². The highest BCUT2D eigenvalue weighted by Crippen LogP contribution is 2.16. The molecule has 0 fully saturated rings. The molecule has 0 radical (unpaired) electrons. The largest absolute Gasteiger partial charge is 0.459 e. The van der Waals surface area contributed by atoms with Crippen LogP contribution in [0.15, 0.2) is 71.3 Å². The molecular weight excluding hydrogens is 365 g/mol. The van der Waals surface area contributed by atoms with Crippen molar-refractivity contribution in [3.8, 4) is 0 Å². The van der Waals surface area contributed by atoms with Gasteiger partial charge in [0.2, 0.25) is 5.91 Å². The lowest BCUT2D eigenvalue weighted by Gasteiger charge is -2.09. The van der Waals surface area contributed by atoms with Crippen LogP contribution in [0.25, 0.3) is 0 Å². The Morgan fingerprint density at radius 3 is 2.25 bits per heavy atom. The van der Waals surface area contributed by atoms with Crippen LogP contribution < -0.4 is 16.0 Å². The monoisotopic (exact) mass is 381 g/mol. The van der Waals surface area contributed by atoms with Gasteiger partial charge in [-0.25, -0.2) is 4.39 Å². The summed E-state index contributed by atoms with van der Waals surface area (Å²) in [5.74, 6) is -1.65. The topological polar surface area (TPSA) is 100 Å². The zero-order valence-electron chi connectivity index (χ0n) is 14.6. The Labute approximate surface area is 159 Å². The minimum absolute atomic E-state index is 0.165. The van der Waals surface area contributed by atoms with Crippen molar-refractivity contribution in [2.45, 2.75) is 0 Å². The Balaban J connectivity index is 1.53. The molecule has 1 heterocycles. The van der Waals surface area contributed by atoms with E-state index in [4.69, 9.17) is 4.42 Å². The van der Waals surface area contributed by atoms with Crippen LogP contribution in [0.1, 0.15) is 20.9 Å². The summed E-state index contributed by atoms with van der Waals surface area (Å²) in [6.07, 6.45) is 1.39. The number of benzene rings is 2. The molecule has 7 nitrogen and oxygen atoms in total. The molecule has 142 valence electrons. The molecule has 0 atom stereocenters. The van der Waals surface area contributed by atoms with E-state index in [2.05, 4.69) is 16.0 Å². The van der Waals surface area contributed by atoms with Crippen LogP contribution in [-0.2, 0) is 4.79 Å². The molecule has 0 aliphatic rings. The van der Waals surface area contributed by atoms with Crippen LogP contribution in [0.5, 0.6) is 0 Å². The Morgan fingerprint density at radius 1 is 0.857 bits per heavy atom. The molecule has 3 rings (SSSR count). The maximum Gasteiger partial charge on any atom is 0.291 e. The molecule has 1 aromatic heterocycles. The van der Waals surface area contributed by atoms with Crippen LogP contribution in [0.4, 0.5) is 15.8 Å². The smallest absolute Gasteiger partial charge is 0.291 e. The second-order valence-electron chi connectivity index (χ2n) is 5.75. The Hall–Kier alpha value is -3.94. The van der Waals surface area contributed by atoms with Crippen molar-refractivity contribution in [1.82, 2.24) is 5.32 Å². The van der Waals surface area contributed by atoms with E-state index < -0.39 is 23.5 Å². The molecule has 3 aromatic rings. The first kappa shape index (κ1) is 18.8. The number of carbonyl (C=O) groups is 3. The third-order valence-corrected chi connectivity index (χ3v) is 3.67. The zero-order valence-corrected chi connectivity index (χ0v) is 14.6. The number of amides is 3. The minimum atomic E-state index is -0.491. The van der Waals surface area contributed by atoms with E-state index in [0.717, 1.165) is 12.1 Å². The first-order chi connectivity index (χ1) is 13.5. The predicted molar refractivity (Wildman–Crippen MR) is 100 cm³/mol. The molecule has 8 heteroatoms. The minimum Gasteiger partial charge on any atom is -0.459 e. The van der Waals surface area contributed by atoms with Crippen molar-refractivity contribution in [1.29, 1.82) is 0 Å². The summed E-state index contributed by atoms with van der Waals surface area (Å²) < 4.78 is 17.9. The van der Waals surface area contributed by atoms with E-state index in [1.165, 1.54) is 24.5 Å². The van der Waals surface area contributed by atoms with Crippen molar-refractivity contribution in [3.63, 3.8) is 0 Å². The molecule has 0 aliphatic carbocycles. The normalized spacial score (nSPS) is 10.2. The van der Waals surface area contributed by atoms with E-state index in [0.29, 0.717) is 11.4 Å². The molecule has 0 saturated heterocycles. The van der Waals surface area contributed by atoms with Crippen LogP contribution >= 0.6 is 0 Å². The summed E-state index contributed by atoms with van der Waals surface area (Å²) in [5, 5.41) is 7.72. The highest BCUT2D eigenvalue weighted by molar-refractivity contribution is 6.03. The van der Waals surface area contributed by atoms with Gasteiger partial charge in [0.05, 0.1) is 12.8 Å². The predicted octanol–water partition coefficient (Wildman–Crippen LogP) is 3.04. The van der Waals surface area contributed by atoms with E-state index in [1.807, 2.05) is 0 Å². The standard InChI is InChI=1S/C20H16FN3O4/c21-14-8-6-13(7-9-14)19(26)22-12-18(25)23-15-3-1-4-16(11-15)24-20(27)17-5-2-10-28-17/h1-11H,12H2,(H,22,26)(H,23,25)(H,24,27). The quantitative estimate of drug-likeness (QED) is 0.611. The summed E-state index contributed by atoms with van der Waals surface area (Å²) in [6, 6.07) is 14.6. The second kappa shape index (κ2) is 8.63. The average molecular weight is 381 g/mol. The second-order valence-corrected chi connectivity index (χ2v) is 5.75. The number of hydrogen-bond acceptors (Lipinski definition) is 4. The lowest BCUT2D eigenvalue weighted by atomic mass is 10.2. The lowest BCUT2D eigenvalue weighted by molar-refractivity contribution is -0.115. The number of anilines is 2. The zero-order chi connectivity index (χ0) is 19.9. The van der Waals surface area contributed by atoms with Crippen molar-refractivity contribution >= 4 is 29.1 Å². The van der Waals surface area contributed by atoms with Crippen molar-refractivity contribution in [2.24, 2.45) is 0 Å². The van der Waals surface area contributed by atoms with Crippen LogP contribution in [-0.4, -0.2) is 24.3 Å². The van der Waals surface area contributed by atoms with Crippen molar-refractivity contribution in [3.05, 3.63) is 84.1 Å². The van der Waals surface area contributed by atoms with Gasteiger partial charge in [-0.1, -0.05) is 6.07 Å². The molecule has 0 unspecified atom stereocenters. The summed E-state index contributed by atoms with van der Waals surface area (Å²) in [4.78, 5) is 35.9. The molecule has 0 spiro atoms. The van der Waals surface area contributed by atoms with Gasteiger partial charge in [-0.3, -0.25) is 14.4 Å². The van der Waals surface area contributed by atoms with Crippen molar-refractivity contribution < 1.29 is 23.2 Å². The van der Waals surface area contributed by atoms with Crippen LogP contribution in [0, 0.1) is 5.82 Å². The first-order valence-electron chi connectivity index (χ1n) is 8.30. The summed E-state index contributed by atoms with van der Waals surface area (Å²) in [6.45, 7) is -0.265. The molecule has 0 saturated carbocycles. The van der Waals surface area contributed by atoms with Crippen LogP contribution in [0.2, 0.25) is 0 Å². The van der Waals surface area contributed by atoms with Gasteiger partial charge in [-0.15, -0.1) is 0 Å². The first-order valence-corrected chi connectivity index (χ1v) is 8.30. The fraction of sp³-hybridized carbons (Fsp3) is 0.0500.